The first-order chi connectivity index (χ1) is 6.36. The number of nitrogens with one attached hydrogen (secondary N) is 3. The molecule has 0 atom stereocenters. The summed E-state index contributed by atoms with van der Waals surface area (Å²) < 4.78 is 0. The highest BCUT2D eigenvalue weighted by Gasteiger charge is 2.48. The lowest BCUT2D eigenvalue weighted by Gasteiger charge is -2.29. The van der Waals surface area contributed by atoms with Gasteiger partial charge in [-0.05, 0) is 0 Å². The molecule has 0 aliphatic carbocycles. The molecule has 9 heteroatoms. The maximum atomic E-state index is 11.1. The second-order valence-corrected chi connectivity index (χ2v) is 2.53. The molecule has 76 valence electrons. The van der Waals surface area contributed by atoms with Gasteiger partial charge in [0.05, 0.1) is 0 Å². The lowest BCUT2D eigenvalue weighted by Crippen LogP contribution is -2.78. The Morgan fingerprint density at radius 2 is 1.64 bits per heavy atom. The molecule has 0 aromatic carbocycles. The second-order valence-electron chi connectivity index (χ2n) is 2.53. The molecule has 0 saturated carbocycles. The van der Waals surface area contributed by atoms with Crippen LogP contribution in [0.3, 0.4) is 0 Å². The molecule has 7 N–H and O–H groups in total. The molecule has 6 amide bonds. The molecule has 1 aliphatic rings. The maximum Gasteiger partial charge on any atom is 0.328 e. The molecule has 0 aromatic rings. The number of nitrogens with two attached hydrogens (primary N) is 2. The van der Waals surface area contributed by atoms with Crippen LogP contribution in [0.15, 0.2) is 0 Å². The number of carbonyl (C=O) groups excluding carboxylic acids is 4. The van der Waals surface area contributed by atoms with E-state index in [1.54, 1.807) is 16.0 Å². The van der Waals surface area contributed by atoms with Crippen molar-refractivity contribution in [2.75, 3.05) is 0 Å². The number of imide groups is 2. The molecule has 1 rings (SSSR count). The fraction of sp³-hybridized carbons (Fsp3) is 0.200. The zero-order valence-corrected chi connectivity index (χ0v) is 6.79. The SMILES string of the molecule is NC(=O)NC1(N)C(=O)NC(=O)NC1=O. The van der Waals surface area contributed by atoms with E-state index in [0.29, 0.717) is 0 Å². The Morgan fingerprint density at radius 3 is 2.00 bits per heavy atom. The van der Waals surface area contributed by atoms with Crippen molar-refractivity contribution in [1.82, 2.24) is 16.0 Å². The third-order valence-electron chi connectivity index (χ3n) is 1.49. The van der Waals surface area contributed by atoms with E-state index in [9.17, 15) is 19.2 Å². The molecule has 0 spiro atoms. The number of primary amides is 1. The van der Waals surface area contributed by atoms with E-state index in [0.717, 1.165) is 0 Å². The highest BCUT2D eigenvalue weighted by molar-refractivity contribution is 6.22. The van der Waals surface area contributed by atoms with Crippen molar-refractivity contribution in [3.63, 3.8) is 0 Å². The van der Waals surface area contributed by atoms with Gasteiger partial charge in [0, 0.05) is 0 Å². The van der Waals surface area contributed by atoms with Crippen LogP contribution in [0.4, 0.5) is 9.59 Å². The number of hydrogen-bond acceptors (Lipinski definition) is 5. The van der Waals surface area contributed by atoms with E-state index < -0.39 is 29.5 Å². The molecule has 1 aliphatic heterocycles. The third kappa shape index (κ3) is 1.47. The molecule has 0 aromatic heterocycles. The largest absolute Gasteiger partial charge is 0.352 e. The number of amides is 6. The molecule has 0 bridgehead atoms. The van der Waals surface area contributed by atoms with Crippen molar-refractivity contribution in [3.8, 4) is 0 Å². The van der Waals surface area contributed by atoms with E-state index >= 15 is 0 Å². The first-order valence-electron chi connectivity index (χ1n) is 3.39. The maximum absolute atomic E-state index is 11.1. The van der Waals surface area contributed by atoms with Gasteiger partial charge in [-0.2, -0.15) is 0 Å². The predicted octanol–water partition coefficient (Wildman–Crippen LogP) is -3.32. The minimum Gasteiger partial charge on any atom is -0.352 e. The van der Waals surface area contributed by atoms with Crippen LogP contribution in [0, 0.1) is 0 Å². The summed E-state index contributed by atoms with van der Waals surface area (Å²) in [6.07, 6.45) is 0. The van der Waals surface area contributed by atoms with Crippen molar-refractivity contribution >= 4 is 23.9 Å². The van der Waals surface area contributed by atoms with Crippen LogP contribution < -0.4 is 27.4 Å². The average molecular weight is 201 g/mol. The second kappa shape index (κ2) is 2.96. The molecule has 14 heavy (non-hydrogen) atoms. The minimum atomic E-state index is -2.35. The van der Waals surface area contributed by atoms with E-state index in [1.165, 1.54) is 0 Å². The van der Waals surface area contributed by atoms with Crippen molar-refractivity contribution in [2.45, 2.75) is 5.66 Å². The number of rotatable bonds is 1. The summed E-state index contributed by atoms with van der Waals surface area (Å²) >= 11 is 0. The summed E-state index contributed by atoms with van der Waals surface area (Å²) in [6.45, 7) is 0. The Balaban J connectivity index is 2.95. The fourth-order valence-corrected chi connectivity index (χ4v) is 0.846. The first kappa shape index (κ1) is 9.92. The molecule has 1 fully saturated rings. The fourth-order valence-electron chi connectivity index (χ4n) is 0.846. The lowest BCUT2D eigenvalue weighted by molar-refractivity contribution is -0.138. The molecule has 1 saturated heterocycles. The Bertz CT molecular complexity index is 317. The van der Waals surface area contributed by atoms with Crippen molar-refractivity contribution < 1.29 is 19.2 Å². The van der Waals surface area contributed by atoms with E-state index in [1.807, 2.05) is 0 Å². The number of barbiturate groups is 1. The Kier molecular flexibility index (Phi) is 2.10. The molecule has 1 heterocycles. The van der Waals surface area contributed by atoms with Crippen molar-refractivity contribution in [1.29, 1.82) is 0 Å². The van der Waals surface area contributed by atoms with Crippen LogP contribution in [0.5, 0.6) is 0 Å². The minimum absolute atomic E-state index is 1.01. The molecular weight excluding hydrogens is 194 g/mol. The monoisotopic (exact) mass is 201 g/mol. The first-order valence-corrected chi connectivity index (χ1v) is 3.39. The average Bonchev–Trinajstić information content (AvgIpc) is 1.99. The molecule has 9 nitrogen and oxygen atoms in total. The van der Waals surface area contributed by atoms with Crippen molar-refractivity contribution in [2.24, 2.45) is 11.5 Å². The van der Waals surface area contributed by atoms with Crippen LogP contribution in [0.1, 0.15) is 0 Å². The van der Waals surface area contributed by atoms with Crippen LogP contribution in [-0.2, 0) is 9.59 Å². The topological polar surface area (TPSA) is 156 Å². The van der Waals surface area contributed by atoms with Gasteiger partial charge >= 0.3 is 12.1 Å². The van der Waals surface area contributed by atoms with Crippen LogP contribution in [-0.4, -0.2) is 29.5 Å². The summed E-state index contributed by atoms with van der Waals surface area (Å²) in [5, 5.41) is 5.12. The predicted molar refractivity (Wildman–Crippen MR) is 41.3 cm³/mol. The van der Waals surface area contributed by atoms with Crippen molar-refractivity contribution in [3.05, 3.63) is 0 Å². The smallest absolute Gasteiger partial charge is 0.328 e. The summed E-state index contributed by atoms with van der Waals surface area (Å²) in [4.78, 5) is 43.2. The van der Waals surface area contributed by atoms with Gasteiger partial charge in [-0.3, -0.25) is 26.0 Å². The Hall–Kier alpha value is -2.16. The number of urea groups is 2. The zero-order valence-electron chi connectivity index (χ0n) is 6.79. The summed E-state index contributed by atoms with van der Waals surface area (Å²) in [7, 11) is 0. The number of carbonyl (C=O) groups is 4. The van der Waals surface area contributed by atoms with Crippen LogP contribution >= 0.6 is 0 Å². The van der Waals surface area contributed by atoms with Gasteiger partial charge in [-0.15, -0.1) is 0 Å². The van der Waals surface area contributed by atoms with Gasteiger partial charge in [-0.1, -0.05) is 0 Å². The van der Waals surface area contributed by atoms with E-state index in [2.05, 4.69) is 0 Å². The summed E-state index contributed by atoms with van der Waals surface area (Å²) in [5.74, 6) is -2.30. The normalized spacial score (nSPS) is 19.6. The lowest BCUT2D eigenvalue weighted by atomic mass is 10.1. The summed E-state index contributed by atoms with van der Waals surface area (Å²) in [5.41, 5.74) is 7.57. The van der Waals surface area contributed by atoms with Gasteiger partial charge in [0.25, 0.3) is 17.5 Å². The molecular formula is C5H7N5O4. The highest BCUT2D eigenvalue weighted by Crippen LogP contribution is 2.00. The van der Waals surface area contributed by atoms with Gasteiger partial charge < -0.3 is 11.1 Å². The molecule has 0 radical (unpaired) electrons. The zero-order chi connectivity index (χ0) is 10.9. The highest BCUT2D eigenvalue weighted by atomic mass is 16.2. The van der Waals surface area contributed by atoms with Gasteiger partial charge in [0.1, 0.15) is 0 Å². The number of hydrogen-bond donors (Lipinski definition) is 5. The van der Waals surface area contributed by atoms with Crippen LogP contribution in [0.25, 0.3) is 0 Å². The van der Waals surface area contributed by atoms with Gasteiger partial charge in [0.2, 0.25) is 0 Å². The summed E-state index contributed by atoms with van der Waals surface area (Å²) in [6, 6.07) is -2.17. The van der Waals surface area contributed by atoms with E-state index in [4.69, 9.17) is 11.5 Å². The Labute approximate surface area is 77.2 Å². The van der Waals surface area contributed by atoms with Gasteiger partial charge in [0.15, 0.2) is 0 Å². The van der Waals surface area contributed by atoms with Gasteiger partial charge in [-0.25, -0.2) is 9.59 Å². The molecule has 0 unspecified atom stereocenters. The Morgan fingerprint density at radius 1 is 1.21 bits per heavy atom. The van der Waals surface area contributed by atoms with Crippen LogP contribution in [0.2, 0.25) is 0 Å². The standard InChI is InChI=1S/C5H7N5O4/c6-3(13)10-5(7)1(11)8-4(14)9-2(5)12/h7H2,(H3,6,10,13)(H2,8,9,11,12,14). The van der Waals surface area contributed by atoms with E-state index in [-0.39, 0.29) is 0 Å². The quantitative estimate of drug-likeness (QED) is 0.221. The third-order valence-corrected chi connectivity index (χ3v) is 1.49.